The van der Waals surface area contributed by atoms with Crippen LogP contribution < -0.4 is 4.74 Å². The van der Waals surface area contributed by atoms with Crippen molar-refractivity contribution in [3.05, 3.63) is 34.7 Å². The number of benzene rings is 1. The Kier molecular flexibility index (Phi) is 4.94. The third-order valence-electron chi connectivity index (χ3n) is 2.78. The smallest absolute Gasteiger partial charge is 0.336 e. The van der Waals surface area contributed by atoms with Crippen LogP contribution in [0.4, 0.5) is 5.69 Å². The lowest BCUT2D eigenvalue weighted by Gasteiger charge is -2.13. The van der Waals surface area contributed by atoms with Crippen molar-refractivity contribution in [3.8, 4) is 5.75 Å². The second-order valence-electron chi connectivity index (χ2n) is 4.30. The van der Waals surface area contributed by atoms with E-state index in [1.807, 2.05) is 0 Å². The van der Waals surface area contributed by atoms with Gasteiger partial charge in [0.25, 0.3) is 11.8 Å². The quantitative estimate of drug-likeness (QED) is 0.344. The van der Waals surface area contributed by atoms with Crippen LogP contribution in [0.2, 0.25) is 0 Å². The number of imide groups is 1. The maximum absolute atomic E-state index is 11.6. The van der Waals surface area contributed by atoms with Gasteiger partial charge in [-0.25, -0.2) is 4.79 Å². The summed E-state index contributed by atoms with van der Waals surface area (Å²) in [5.41, 5.74) is 8.72. The number of amides is 2. The van der Waals surface area contributed by atoms with Gasteiger partial charge in [0.05, 0.1) is 18.7 Å². The van der Waals surface area contributed by atoms with Gasteiger partial charge in [0.1, 0.15) is 5.75 Å². The predicted molar refractivity (Wildman–Crippen MR) is 72.5 cm³/mol. The van der Waals surface area contributed by atoms with Crippen molar-refractivity contribution < 1.29 is 24.0 Å². The average molecular weight is 304 g/mol. The highest BCUT2D eigenvalue weighted by molar-refractivity contribution is 6.01. The number of nitrogens with zero attached hydrogens (tertiary/aromatic N) is 4. The van der Waals surface area contributed by atoms with Crippen LogP contribution in [0.1, 0.15) is 19.3 Å². The highest BCUT2D eigenvalue weighted by Gasteiger charge is 2.32. The van der Waals surface area contributed by atoms with Crippen LogP contribution in [-0.4, -0.2) is 29.5 Å². The number of para-hydroxylation sites is 1. The van der Waals surface area contributed by atoms with E-state index in [0.29, 0.717) is 16.5 Å². The van der Waals surface area contributed by atoms with Crippen LogP contribution in [0, 0.1) is 0 Å². The Labute approximate surface area is 125 Å². The van der Waals surface area contributed by atoms with Crippen molar-refractivity contribution in [2.75, 3.05) is 6.61 Å². The van der Waals surface area contributed by atoms with E-state index in [1.165, 1.54) is 0 Å². The van der Waals surface area contributed by atoms with E-state index in [0.717, 1.165) is 0 Å². The van der Waals surface area contributed by atoms with E-state index in [4.69, 9.17) is 10.3 Å². The molecule has 2 amide bonds. The van der Waals surface area contributed by atoms with Gasteiger partial charge in [-0.15, -0.1) is 5.06 Å². The zero-order chi connectivity index (χ0) is 15.9. The topological polar surface area (TPSA) is 122 Å². The van der Waals surface area contributed by atoms with E-state index in [-0.39, 0.29) is 25.9 Å². The normalized spacial score (nSPS) is 13.7. The van der Waals surface area contributed by atoms with E-state index in [1.54, 1.807) is 24.3 Å². The number of azide groups is 1. The fourth-order valence-corrected chi connectivity index (χ4v) is 1.76. The Morgan fingerprint density at radius 3 is 2.64 bits per heavy atom. The minimum absolute atomic E-state index is 0.0438. The van der Waals surface area contributed by atoms with E-state index in [9.17, 15) is 14.4 Å². The van der Waals surface area contributed by atoms with Crippen LogP contribution in [0.15, 0.2) is 29.4 Å². The van der Waals surface area contributed by atoms with Crippen LogP contribution >= 0.6 is 0 Å². The molecule has 0 radical (unpaired) electrons. The molecule has 9 heteroatoms. The first kappa shape index (κ1) is 15.3. The Hall–Kier alpha value is -3.06. The summed E-state index contributed by atoms with van der Waals surface area (Å²) in [6.07, 6.45) is -0.0774. The monoisotopic (exact) mass is 304 g/mol. The Morgan fingerprint density at radius 1 is 1.27 bits per heavy atom. The first-order chi connectivity index (χ1) is 10.6. The Balaban J connectivity index is 1.84. The van der Waals surface area contributed by atoms with Crippen LogP contribution in [0.5, 0.6) is 5.75 Å². The number of hydrogen-bond donors (Lipinski definition) is 0. The molecule has 1 aliphatic rings. The molecule has 114 valence electrons. The van der Waals surface area contributed by atoms with Crippen LogP contribution in [0.3, 0.4) is 0 Å². The summed E-state index contributed by atoms with van der Waals surface area (Å²) >= 11 is 0. The Bertz CT molecular complexity index is 638. The standard InChI is InChI=1S/C13H12N4O5/c14-16-15-9-3-1-2-4-10(9)21-8-7-13(20)22-17-11(18)5-6-12(17)19/h1-4H,5-8H2. The van der Waals surface area contributed by atoms with Crippen molar-refractivity contribution in [1.29, 1.82) is 0 Å². The largest absolute Gasteiger partial charge is 0.493 e. The highest BCUT2D eigenvalue weighted by atomic mass is 16.7. The third-order valence-corrected chi connectivity index (χ3v) is 2.78. The molecule has 0 unspecified atom stereocenters. The van der Waals surface area contributed by atoms with Gasteiger partial charge in [0.15, 0.2) is 0 Å². The molecule has 0 aliphatic carbocycles. The summed E-state index contributed by atoms with van der Waals surface area (Å²) in [6.45, 7) is -0.0486. The molecule has 1 aromatic carbocycles. The van der Waals surface area contributed by atoms with E-state index >= 15 is 0 Å². The minimum Gasteiger partial charge on any atom is -0.493 e. The molecular formula is C13H12N4O5. The van der Waals surface area contributed by atoms with Crippen molar-refractivity contribution in [3.63, 3.8) is 0 Å². The molecule has 1 saturated heterocycles. The zero-order valence-electron chi connectivity index (χ0n) is 11.5. The molecule has 0 bridgehead atoms. The van der Waals surface area contributed by atoms with Gasteiger partial charge >= 0.3 is 5.97 Å². The summed E-state index contributed by atoms with van der Waals surface area (Å²) in [7, 11) is 0. The van der Waals surface area contributed by atoms with Crippen molar-refractivity contribution in [2.24, 2.45) is 5.11 Å². The molecule has 1 aromatic rings. The van der Waals surface area contributed by atoms with Gasteiger partial charge < -0.3 is 9.57 Å². The zero-order valence-corrected chi connectivity index (χ0v) is 11.5. The van der Waals surface area contributed by atoms with Gasteiger partial charge in [-0.3, -0.25) is 9.59 Å². The second-order valence-corrected chi connectivity index (χ2v) is 4.30. The van der Waals surface area contributed by atoms with E-state index in [2.05, 4.69) is 14.9 Å². The SMILES string of the molecule is [N-]=[N+]=Nc1ccccc1OCCC(=O)ON1C(=O)CCC1=O. The highest BCUT2D eigenvalue weighted by Crippen LogP contribution is 2.26. The molecule has 0 spiro atoms. The average Bonchev–Trinajstić information content (AvgIpc) is 2.81. The summed E-state index contributed by atoms with van der Waals surface area (Å²) < 4.78 is 5.32. The van der Waals surface area contributed by atoms with Crippen LogP contribution in [-0.2, 0) is 19.2 Å². The molecule has 22 heavy (non-hydrogen) atoms. The van der Waals surface area contributed by atoms with Crippen molar-refractivity contribution in [1.82, 2.24) is 5.06 Å². The number of carbonyl (C=O) groups is 3. The minimum atomic E-state index is -0.759. The van der Waals surface area contributed by atoms with Gasteiger partial charge in [-0.05, 0) is 17.7 Å². The molecule has 1 aliphatic heterocycles. The predicted octanol–water partition coefficient (Wildman–Crippen LogP) is 2.00. The molecule has 1 fully saturated rings. The molecule has 0 aromatic heterocycles. The summed E-state index contributed by atoms with van der Waals surface area (Å²) in [5.74, 6) is -1.51. The molecule has 0 saturated carbocycles. The molecule has 2 rings (SSSR count). The molecule has 9 nitrogen and oxygen atoms in total. The number of rotatable bonds is 6. The molecule has 1 heterocycles. The number of ether oxygens (including phenoxy) is 1. The third kappa shape index (κ3) is 3.74. The van der Waals surface area contributed by atoms with Crippen LogP contribution in [0.25, 0.3) is 10.4 Å². The second kappa shape index (κ2) is 7.09. The maximum atomic E-state index is 11.6. The molecule has 0 atom stereocenters. The van der Waals surface area contributed by atoms with Crippen molar-refractivity contribution >= 4 is 23.5 Å². The van der Waals surface area contributed by atoms with Gasteiger partial charge in [0.2, 0.25) is 0 Å². The van der Waals surface area contributed by atoms with E-state index < -0.39 is 17.8 Å². The van der Waals surface area contributed by atoms with Gasteiger partial charge in [0, 0.05) is 17.8 Å². The molecule has 0 N–H and O–H groups in total. The lowest BCUT2D eigenvalue weighted by Crippen LogP contribution is -2.32. The lowest BCUT2D eigenvalue weighted by atomic mass is 10.3. The summed E-state index contributed by atoms with van der Waals surface area (Å²) in [6, 6.07) is 6.51. The fraction of sp³-hybridized carbons (Fsp3) is 0.308. The summed E-state index contributed by atoms with van der Waals surface area (Å²) in [4.78, 5) is 41.5. The van der Waals surface area contributed by atoms with Gasteiger partial charge in [-0.2, -0.15) is 0 Å². The number of hydroxylamine groups is 2. The summed E-state index contributed by atoms with van der Waals surface area (Å²) in [5, 5.41) is 3.93. The molecular weight excluding hydrogens is 292 g/mol. The first-order valence-corrected chi connectivity index (χ1v) is 6.45. The fourth-order valence-electron chi connectivity index (χ4n) is 1.76. The first-order valence-electron chi connectivity index (χ1n) is 6.45. The number of hydrogen-bond acceptors (Lipinski definition) is 6. The Morgan fingerprint density at radius 2 is 1.95 bits per heavy atom. The number of carbonyl (C=O) groups excluding carboxylic acids is 3. The maximum Gasteiger partial charge on any atom is 0.336 e. The van der Waals surface area contributed by atoms with Crippen molar-refractivity contribution in [2.45, 2.75) is 19.3 Å². The lowest BCUT2D eigenvalue weighted by molar-refractivity contribution is -0.197. The van der Waals surface area contributed by atoms with Gasteiger partial charge in [-0.1, -0.05) is 17.2 Å².